The summed E-state index contributed by atoms with van der Waals surface area (Å²) >= 11 is 3.35. The minimum absolute atomic E-state index is 0.172. The Bertz CT molecular complexity index is 1140. The summed E-state index contributed by atoms with van der Waals surface area (Å²) in [6.07, 6.45) is 0. The van der Waals surface area contributed by atoms with E-state index in [0.29, 0.717) is 0 Å². The van der Waals surface area contributed by atoms with Crippen molar-refractivity contribution in [2.75, 3.05) is 0 Å². The van der Waals surface area contributed by atoms with Gasteiger partial charge in [0.25, 0.3) is 0 Å². The van der Waals surface area contributed by atoms with Gasteiger partial charge in [0.1, 0.15) is 5.78 Å². The van der Waals surface area contributed by atoms with Crippen LogP contribution in [0.2, 0.25) is 0 Å². The molecule has 5 N–H and O–H groups in total. The van der Waals surface area contributed by atoms with E-state index in [9.17, 15) is 23.9 Å². The van der Waals surface area contributed by atoms with Gasteiger partial charge in [0.15, 0.2) is 0 Å². The first-order chi connectivity index (χ1) is 12.7. The maximum absolute atomic E-state index is 12.2. The van der Waals surface area contributed by atoms with Gasteiger partial charge in [-0.15, -0.1) is 0 Å². The highest BCUT2D eigenvalue weighted by atomic mass is 79.9. The molecule has 3 aromatic rings. The number of rotatable bonds is 5. The third-order valence-corrected chi connectivity index (χ3v) is 5.83. The van der Waals surface area contributed by atoms with Gasteiger partial charge in [-0.3, -0.25) is 19.5 Å². The van der Waals surface area contributed by atoms with E-state index < -0.39 is 24.5 Å². The maximum atomic E-state index is 12.2. The van der Waals surface area contributed by atoms with Crippen molar-refractivity contribution < 1.29 is 14.4 Å². The van der Waals surface area contributed by atoms with Crippen LogP contribution >= 0.6 is 23.5 Å². The van der Waals surface area contributed by atoms with Gasteiger partial charge in [-0.05, 0) is 30.7 Å². The largest absolute Gasteiger partial charge is 0.346 e. The lowest BCUT2D eigenvalue weighted by Gasteiger charge is -2.25. The molecule has 142 valence electrons. The highest BCUT2D eigenvalue weighted by molar-refractivity contribution is 9.10. The Morgan fingerprint density at radius 1 is 1.04 bits per heavy atom. The van der Waals surface area contributed by atoms with E-state index in [-0.39, 0.29) is 22.6 Å². The summed E-state index contributed by atoms with van der Waals surface area (Å²) in [5.41, 5.74) is -0.236. The van der Waals surface area contributed by atoms with Crippen LogP contribution in [0.25, 0.3) is 11.0 Å². The number of benzene rings is 2. The molecule has 0 aliphatic carbocycles. The molecule has 8 nitrogen and oxygen atoms in total. The summed E-state index contributed by atoms with van der Waals surface area (Å²) in [6.45, 7) is 1.78. The third-order valence-electron chi connectivity index (χ3n) is 4.20. The van der Waals surface area contributed by atoms with Gasteiger partial charge in [-0.25, -0.2) is 0 Å². The van der Waals surface area contributed by atoms with Crippen LogP contribution in [0.15, 0.2) is 56.5 Å². The molecular weight excluding hydrogens is 437 g/mol. The molecule has 0 saturated heterocycles. The fraction of sp³-hybridized carbons (Fsp3) is 0.176. The van der Waals surface area contributed by atoms with Crippen molar-refractivity contribution in [2.45, 2.75) is 18.7 Å². The van der Waals surface area contributed by atoms with Gasteiger partial charge >= 0.3 is 18.7 Å². The average Bonchev–Trinajstić information content (AvgIpc) is 2.60. The van der Waals surface area contributed by atoms with Gasteiger partial charge in [0.05, 0.1) is 11.0 Å². The zero-order chi connectivity index (χ0) is 19.8. The number of aromatic amines is 2. The van der Waals surface area contributed by atoms with Crippen molar-refractivity contribution >= 4 is 34.6 Å². The second kappa shape index (κ2) is 7.53. The van der Waals surface area contributed by atoms with Crippen LogP contribution in [0.1, 0.15) is 29.9 Å². The molecule has 0 radical (unpaired) electrons. The van der Waals surface area contributed by atoms with Crippen molar-refractivity contribution in [1.29, 1.82) is 0 Å². The van der Waals surface area contributed by atoms with Crippen LogP contribution in [0.5, 0.6) is 0 Å². The number of para-hydroxylation sites is 1. The second-order valence-electron chi connectivity index (χ2n) is 6.11. The monoisotopic (exact) mass is 453 g/mol. The number of halogens is 1. The predicted octanol–water partition coefficient (Wildman–Crippen LogP) is 2.51. The standard InChI is InChI=1S/C17H17BrN3O5P/c1-9(10-5-7-11(18)8-6-10)19-17(27(24,25)26)12-3-2-4-13-14(12)21-16(23)15(22)20-13/h2-9,17,19H,1H3,(H,20,22)(H,21,23)(H2,24,25,26)/t9-,17+/m0/s1. The van der Waals surface area contributed by atoms with Crippen LogP contribution in [-0.4, -0.2) is 19.8 Å². The lowest BCUT2D eigenvalue weighted by atomic mass is 10.1. The molecule has 2 aromatic carbocycles. The summed E-state index contributed by atoms with van der Waals surface area (Å²) in [7, 11) is -4.65. The molecule has 3 rings (SSSR count). The van der Waals surface area contributed by atoms with Crippen molar-refractivity contribution in [3.8, 4) is 0 Å². The molecule has 0 unspecified atom stereocenters. The molecule has 0 aliphatic heterocycles. The maximum Gasteiger partial charge on any atom is 0.346 e. The Kier molecular flexibility index (Phi) is 5.50. The van der Waals surface area contributed by atoms with Gasteiger partial charge < -0.3 is 19.8 Å². The molecule has 2 atom stereocenters. The van der Waals surface area contributed by atoms with Crippen molar-refractivity contribution in [2.24, 2.45) is 0 Å². The number of hydrogen-bond acceptors (Lipinski definition) is 4. The summed E-state index contributed by atoms with van der Waals surface area (Å²) in [6, 6.07) is 11.6. The fourth-order valence-corrected chi connectivity index (χ4v) is 4.10. The van der Waals surface area contributed by atoms with Gasteiger partial charge in [-0.1, -0.05) is 40.2 Å². The fourth-order valence-electron chi connectivity index (χ4n) is 2.84. The van der Waals surface area contributed by atoms with E-state index in [4.69, 9.17) is 0 Å². The first-order valence-electron chi connectivity index (χ1n) is 7.99. The van der Waals surface area contributed by atoms with E-state index in [1.807, 2.05) is 24.3 Å². The Balaban J connectivity index is 2.09. The first-order valence-corrected chi connectivity index (χ1v) is 10.5. The molecule has 0 bridgehead atoms. The van der Waals surface area contributed by atoms with Gasteiger partial charge in [0, 0.05) is 16.1 Å². The Morgan fingerprint density at radius 2 is 1.67 bits per heavy atom. The molecule has 27 heavy (non-hydrogen) atoms. The Morgan fingerprint density at radius 3 is 2.30 bits per heavy atom. The van der Waals surface area contributed by atoms with E-state index in [1.165, 1.54) is 6.07 Å². The number of H-pyrrole nitrogens is 2. The minimum atomic E-state index is -4.65. The SMILES string of the molecule is C[C@H](N[C@@H](c1cccc2[nH]c(=O)c(=O)[nH]c12)P(=O)(O)O)c1ccc(Br)cc1. The third kappa shape index (κ3) is 4.28. The van der Waals surface area contributed by atoms with Gasteiger partial charge in [0.2, 0.25) is 0 Å². The zero-order valence-electron chi connectivity index (χ0n) is 14.1. The van der Waals surface area contributed by atoms with Crippen molar-refractivity contribution in [1.82, 2.24) is 15.3 Å². The summed E-state index contributed by atoms with van der Waals surface area (Å²) in [4.78, 5) is 47.9. The molecule has 0 saturated carbocycles. The number of fused-ring (bicyclic) bond motifs is 1. The van der Waals surface area contributed by atoms with Crippen molar-refractivity contribution in [3.63, 3.8) is 0 Å². The molecule has 0 aliphatic rings. The molecule has 0 fully saturated rings. The average molecular weight is 454 g/mol. The molecule has 1 aromatic heterocycles. The van der Waals surface area contributed by atoms with Crippen LogP contribution in [-0.2, 0) is 4.57 Å². The number of hydrogen-bond donors (Lipinski definition) is 5. The summed E-state index contributed by atoms with van der Waals surface area (Å²) < 4.78 is 13.1. The van der Waals surface area contributed by atoms with E-state index in [1.54, 1.807) is 19.1 Å². The van der Waals surface area contributed by atoms with Crippen molar-refractivity contribution in [3.05, 3.63) is 78.8 Å². The van der Waals surface area contributed by atoms with Crippen LogP contribution in [0, 0.1) is 0 Å². The smallest absolute Gasteiger partial charge is 0.323 e. The number of aromatic nitrogens is 2. The molecular formula is C17H17BrN3O5P. The van der Waals surface area contributed by atoms with Crippen LogP contribution in [0.4, 0.5) is 0 Å². The first kappa shape index (κ1) is 19.7. The lowest BCUT2D eigenvalue weighted by Crippen LogP contribution is -2.30. The molecule has 10 heteroatoms. The summed E-state index contributed by atoms with van der Waals surface area (Å²) in [5.74, 6) is -1.37. The predicted molar refractivity (Wildman–Crippen MR) is 106 cm³/mol. The molecule has 0 spiro atoms. The lowest BCUT2D eigenvalue weighted by molar-refractivity contribution is 0.341. The van der Waals surface area contributed by atoms with Crippen LogP contribution in [0.3, 0.4) is 0 Å². The number of nitrogens with one attached hydrogen (secondary N) is 3. The molecule has 0 amide bonds. The van der Waals surface area contributed by atoms with Gasteiger partial charge in [-0.2, -0.15) is 0 Å². The summed E-state index contributed by atoms with van der Waals surface area (Å²) in [5, 5.41) is 2.94. The molecule has 1 heterocycles. The van der Waals surface area contributed by atoms with E-state index in [2.05, 4.69) is 31.2 Å². The van der Waals surface area contributed by atoms with E-state index in [0.717, 1.165) is 10.0 Å². The van der Waals surface area contributed by atoms with E-state index >= 15 is 0 Å². The Labute approximate surface area is 161 Å². The highest BCUT2D eigenvalue weighted by Crippen LogP contribution is 2.51. The Hall–Kier alpha value is -2.03. The quantitative estimate of drug-likeness (QED) is 0.297. The normalized spacial score (nSPS) is 14.2. The second-order valence-corrected chi connectivity index (χ2v) is 8.72. The van der Waals surface area contributed by atoms with Crippen LogP contribution < -0.4 is 16.4 Å². The minimum Gasteiger partial charge on any atom is -0.323 e. The highest BCUT2D eigenvalue weighted by Gasteiger charge is 2.33. The zero-order valence-corrected chi connectivity index (χ0v) is 16.6. The topological polar surface area (TPSA) is 135 Å².